The molecule has 0 aliphatic carbocycles. The highest BCUT2D eigenvalue weighted by atomic mass is 19.4. The van der Waals surface area contributed by atoms with Crippen molar-refractivity contribution in [3.63, 3.8) is 0 Å². The van der Waals surface area contributed by atoms with Gasteiger partial charge in [0, 0.05) is 30.9 Å². The second-order valence-corrected chi connectivity index (χ2v) is 5.67. The van der Waals surface area contributed by atoms with Crippen LogP contribution in [-0.4, -0.2) is 29.1 Å². The van der Waals surface area contributed by atoms with Crippen molar-refractivity contribution in [1.29, 1.82) is 0 Å². The molecule has 0 amide bonds. The third-order valence-corrected chi connectivity index (χ3v) is 3.74. The lowest BCUT2D eigenvalue weighted by Gasteiger charge is -2.18. The molecule has 0 spiro atoms. The molecule has 1 atom stereocenters. The van der Waals surface area contributed by atoms with Crippen LogP contribution in [0.3, 0.4) is 0 Å². The third kappa shape index (κ3) is 3.67. The Kier molecular flexibility index (Phi) is 4.18. The first kappa shape index (κ1) is 16.3. The number of nitrogens with one attached hydrogen (secondary N) is 1. The number of anilines is 4. The molecule has 5 N–H and O–H groups in total. The minimum absolute atomic E-state index is 0.0439. The number of hydrogen-bond acceptors (Lipinski definition) is 6. The fourth-order valence-electron chi connectivity index (χ4n) is 2.60. The monoisotopic (exact) mass is 338 g/mol. The molecular weight excluding hydrogens is 321 g/mol. The molecule has 1 aromatic carbocycles. The molecule has 6 nitrogen and oxygen atoms in total. The molecule has 128 valence electrons. The maximum atomic E-state index is 12.8. The van der Waals surface area contributed by atoms with Crippen molar-refractivity contribution >= 4 is 23.3 Å². The van der Waals surface area contributed by atoms with Gasteiger partial charge in [0.2, 0.25) is 5.95 Å². The summed E-state index contributed by atoms with van der Waals surface area (Å²) in [4.78, 5) is 10.2. The lowest BCUT2D eigenvalue weighted by atomic mass is 10.2. The second kappa shape index (κ2) is 6.16. The summed E-state index contributed by atoms with van der Waals surface area (Å²) in [5.41, 5.74) is 11.1. The fourth-order valence-corrected chi connectivity index (χ4v) is 2.60. The van der Waals surface area contributed by atoms with Gasteiger partial charge < -0.3 is 21.7 Å². The van der Waals surface area contributed by atoms with Crippen molar-refractivity contribution in [1.82, 2.24) is 9.97 Å². The Morgan fingerprint density at radius 3 is 2.67 bits per heavy atom. The Hall–Kier alpha value is -2.55. The van der Waals surface area contributed by atoms with Crippen molar-refractivity contribution in [3.05, 3.63) is 35.9 Å². The molecule has 3 rings (SSSR count). The van der Waals surface area contributed by atoms with Gasteiger partial charge in [-0.05, 0) is 24.6 Å². The van der Waals surface area contributed by atoms with Gasteiger partial charge in [-0.3, -0.25) is 0 Å². The maximum Gasteiger partial charge on any atom is 0.416 e. The van der Waals surface area contributed by atoms with Crippen LogP contribution in [0.2, 0.25) is 0 Å². The van der Waals surface area contributed by atoms with E-state index in [1.165, 1.54) is 12.1 Å². The maximum absolute atomic E-state index is 12.8. The van der Waals surface area contributed by atoms with Gasteiger partial charge in [0.1, 0.15) is 11.6 Å². The summed E-state index contributed by atoms with van der Waals surface area (Å²) in [6.45, 7) is 1.40. The lowest BCUT2D eigenvalue weighted by molar-refractivity contribution is -0.137. The standard InChI is InChI=1S/C15H17F3N6/c16-15(17,18)9-2-1-3-11(6-9)21-12-7-13(23-14(20)22-12)24-5-4-10(19)8-24/h1-3,6-7,10H,4-5,8,19H2,(H3,20,21,22,23)/t10-/m1/s1. The average Bonchev–Trinajstić information content (AvgIpc) is 2.93. The van der Waals surface area contributed by atoms with Crippen LogP contribution in [0.15, 0.2) is 30.3 Å². The van der Waals surface area contributed by atoms with Crippen LogP contribution in [0.4, 0.5) is 36.4 Å². The first-order valence-electron chi connectivity index (χ1n) is 7.40. The highest BCUT2D eigenvalue weighted by Crippen LogP contribution is 2.31. The van der Waals surface area contributed by atoms with Crippen LogP contribution in [0.25, 0.3) is 0 Å². The van der Waals surface area contributed by atoms with E-state index in [-0.39, 0.29) is 17.7 Å². The van der Waals surface area contributed by atoms with Crippen molar-refractivity contribution < 1.29 is 13.2 Å². The molecule has 2 aromatic rings. The largest absolute Gasteiger partial charge is 0.416 e. The first-order chi connectivity index (χ1) is 11.3. The van der Waals surface area contributed by atoms with E-state index in [0.29, 0.717) is 18.2 Å². The van der Waals surface area contributed by atoms with E-state index in [1.807, 2.05) is 4.90 Å². The van der Waals surface area contributed by atoms with Gasteiger partial charge in [0.25, 0.3) is 0 Å². The molecule has 0 bridgehead atoms. The predicted octanol–water partition coefficient (Wildman–Crippen LogP) is 2.36. The molecule has 0 radical (unpaired) electrons. The molecule has 1 aromatic heterocycles. The number of rotatable bonds is 3. The highest BCUT2D eigenvalue weighted by Gasteiger charge is 2.30. The van der Waals surface area contributed by atoms with Gasteiger partial charge in [-0.2, -0.15) is 23.1 Å². The summed E-state index contributed by atoms with van der Waals surface area (Å²) < 4.78 is 38.4. The summed E-state index contributed by atoms with van der Waals surface area (Å²) in [5.74, 6) is 0.977. The van der Waals surface area contributed by atoms with Gasteiger partial charge in [-0.1, -0.05) is 6.07 Å². The zero-order valence-electron chi connectivity index (χ0n) is 12.7. The van der Waals surface area contributed by atoms with Crippen LogP contribution in [0, 0.1) is 0 Å². The zero-order chi connectivity index (χ0) is 17.3. The summed E-state index contributed by atoms with van der Waals surface area (Å²) in [7, 11) is 0. The topological polar surface area (TPSA) is 93.1 Å². The lowest BCUT2D eigenvalue weighted by Crippen LogP contribution is -2.27. The summed E-state index contributed by atoms with van der Waals surface area (Å²) >= 11 is 0. The quantitative estimate of drug-likeness (QED) is 0.795. The Bertz CT molecular complexity index is 733. The Morgan fingerprint density at radius 1 is 1.21 bits per heavy atom. The van der Waals surface area contributed by atoms with E-state index >= 15 is 0 Å². The highest BCUT2D eigenvalue weighted by molar-refractivity contribution is 5.62. The zero-order valence-corrected chi connectivity index (χ0v) is 12.7. The van der Waals surface area contributed by atoms with Crippen LogP contribution >= 0.6 is 0 Å². The van der Waals surface area contributed by atoms with E-state index in [0.717, 1.165) is 25.1 Å². The molecule has 1 aliphatic heterocycles. The summed E-state index contributed by atoms with van der Waals surface area (Å²) in [6.07, 6.45) is -3.56. The summed E-state index contributed by atoms with van der Waals surface area (Å²) in [6, 6.07) is 6.60. The Balaban J connectivity index is 1.84. The molecule has 0 unspecified atom stereocenters. The van der Waals surface area contributed by atoms with Gasteiger partial charge in [-0.15, -0.1) is 0 Å². The fraction of sp³-hybridized carbons (Fsp3) is 0.333. The average molecular weight is 338 g/mol. The molecule has 2 heterocycles. The van der Waals surface area contributed by atoms with Crippen LogP contribution in [0.1, 0.15) is 12.0 Å². The van der Waals surface area contributed by atoms with Gasteiger partial charge in [0.15, 0.2) is 0 Å². The molecule has 0 saturated carbocycles. The number of hydrogen-bond donors (Lipinski definition) is 3. The van der Waals surface area contributed by atoms with E-state index in [4.69, 9.17) is 11.5 Å². The van der Waals surface area contributed by atoms with Gasteiger partial charge in [0.05, 0.1) is 5.56 Å². The molecule has 1 fully saturated rings. The number of nitrogens with two attached hydrogens (primary N) is 2. The molecular formula is C15H17F3N6. The smallest absolute Gasteiger partial charge is 0.368 e. The number of aromatic nitrogens is 2. The Labute approximate surface area is 136 Å². The summed E-state index contributed by atoms with van der Waals surface area (Å²) in [5, 5.41) is 2.84. The van der Waals surface area contributed by atoms with E-state index in [9.17, 15) is 13.2 Å². The minimum atomic E-state index is -4.40. The molecule has 9 heteroatoms. The predicted molar refractivity (Wildman–Crippen MR) is 86.0 cm³/mol. The second-order valence-electron chi connectivity index (χ2n) is 5.67. The van der Waals surface area contributed by atoms with Gasteiger partial charge in [-0.25, -0.2) is 0 Å². The molecule has 1 saturated heterocycles. The normalized spacial score (nSPS) is 18.0. The SMILES string of the molecule is Nc1nc(Nc2cccc(C(F)(F)F)c2)cc(N2CC[C@@H](N)C2)n1. The van der Waals surface area contributed by atoms with Crippen molar-refractivity contribution in [2.24, 2.45) is 5.73 Å². The number of nitrogen functional groups attached to an aromatic ring is 1. The number of benzene rings is 1. The van der Waals surface area contributed by atoms with Crippen LogP contribution in [0.5, 0.6) is 0 Å². The number of alkyl halides is 3. The molecule has 1 aliphatic rings. The van der Waals surface area contributed by atoms with Crippen molar-refractivity contribution in [3.8, 4) is 0 Å². The molecule has 24 heavy (non-hydrogen) atoms. The van der Waals surface area contributed by atoms with E-state index in [1.54, 1.807) is 6.07 Å². The first-order valence-corrected chi connectivity index (χ1v) is 7.40. The minimum Gasteiger partial charge on any atom is -0.368 e. The van der Waals surface area contributed by atoms with Crippen molar-refractivity contribution in [2.75, 3.05) is 29.0 Å². The number of nitrogens with zero attached hydrogens (tertiary/aromatic N) is 3. The van der Waals surface area contributed by atoms with Crippen molar-refractivity contribution in [2.45, 2.75) is 18.6 Å². The van der Waals surface area contributed by atoms with Gasteiger partial charge >= 0.3 is 6.18 Å². The van der Waals surface area contributed by atoms with E-state index < -0.39 is 11.7 Å². The Morgan fingerprint density at radius 2 is 2.00 bits per heavy atom. The third-order valence-electron chi connectivity index (χ3n) is 3.74. The van der Waals surface area contributed by atoms with E-state index in [2.05, 4.69) is 15.3 Å². The number of halogens is 3. The van der Waals surface area contributed by atoms with Crippen LogP contribution < -0.4 is 21.7 Å². The van der Waals surface area contributed by atoms with Crippen LogP contribution in [-0.2, 0) is 6.18 Å².